The molecule has 25 heavy (non-hydrogen) atoms. The number of rotatable bonds is 2. The van der Waals surface area contributed by atoms with Crippen molar-refractivity contribution in [2.45, 2.75) is 0 Å². The Morgan fingerprint density at radius 2 is 1.56 bits per heavy atom. The second-order valence-corrected chi connectivity index (χ2v) is 6.92. The maximum atomic E-state index is 4.25. The van der Waals surface area contributed by atoms with Crippen molar-refractivity contribution in [1.82, 2.24) is 15.4 Å². The van der Waals surface area contributed by atoms with Gasteiger partial charge in [-0.05, 0) is 29.0 Å². The number of aromatic nitrogens is 3. The minimum Gasteiger partial charge on any atom is -0.139 e. The van der Waals surface area contributed by atoms with Gasteiger partial charge < -0.3 is 0 Å². The SMILES string of the molecule is c1ccc(-c2c(-c3ccnnn3)ccc3sc4ccccc4c23)cc1. The maximum absolute atomic E-state index is 4.25. The number of benzene rings is 3. The highest BCUT2D eigenvalue weighted by Gasteiger charge is 2.16. The van der Waals surface area contributed by atoms with Gasteiger partial charge in [0.05, 0.1) is 11.9 Å². The number of thiophene rings is 1. The van der Waals surface area contributed by atoms with Crippen LogP contribution in [-0.2, 0) is 0 Å². The van der Waals surface area contributed by atoms with Crippen molar-refractivity contribution in [1.29, 1.82) is 0 Å². The molecule has 118 valence electrons. The maximum Gasteiger partial charge on any atom is 0.0969 e. The van der Waals surface area contributed by atoms with Gasteiger partial charge in [0, 0.05) is 31.3 Å². The Morgan fingerprint density at radius 3 is 2.40 bits per heavy atom. The first-order valence-electron chi connectivity index (χ1n) is 8.06. The normalized spacial score (nSPS) is 11.2. The molecule has 0 aliphatic carbocycles. The van der Waals surface area contributed by atoms with Gasteiger partial charge in [0.25, 0.3) is 0 Å². The lowest BCUT2D eigenvalue weighted by Crippen LogP contribution is -1.92. The van der Waals surface area contributed by atoms with Gasteiger partial charge in [-0.15, -0.1) is 21.5 Å². The second-order valence-electron chi connectivity index (χ2n) is 5.83. The first-order chi connectivity index (χ1) is 12.4. The van der Waals surface area contributed by atoms with Crippen LogP contribution in [0.2, 0.25) is 0 Å². The van der Waals surface area contributed by atoms with E-state index >= 15 is 0 Å². The van der Waals surface area contributed by atoms with Crippen molar-refractivity contribution >= 4 is 31.5 Å². The summed E-state index contributed by atoms with van der Waals surface area (Å²) >= 11 is 1.83. The average Bonchev–Trinajstić information content (AvgIpc) is 3.07. The zero-order chi connectivity index (χ0) is 16.6. The predicted octanol–water partition coefficient (Wildman–Crippen LogP) is 5.57. The van der Waals surface area contributed by atoms with Crippen molar-refractivity contribution in [2.75, 3.05) is 0 Å². The minimum absolute atomic E-state index is 0.839. The fourth-order valence-corrected chi connectivity index (χ4v) is 4.43. The van der Waals surface area contributed by atoms with Crippen LogP contribution in [0.1, 0.15) is 0 Å². The fraction of sp³-hybridized carbons (Fsp3) is 0. The highest BCUT2D eigenvalue weighted by molar-refractivity contribution is 7.26. The number of fused-ring (bicyclic) bond motifs is 3. The van der Waals surface area contributed by atoms with Gasteiger partial charge >= 0.3 is 0 Å². The third-order valence-corrected chi connectivity index (χ3v) is 5.52. The largest absolute Gasteiger partial charge is 0.139 e. The quantitative estimate of drug-likeness (QED) is 0.422. The molecule has 0 N–H and O–H groups in total. The Morgan fingerprint density at radius 1 is 0.720 bits per heavy atom. The molecule has 0 fully saturated rings. The van der Waals surface area contributed by atoms with Crippen LogP contribution in [0.15, 0.2) is 79.0 Å². The summed E-state index contributed by atoms with van der Waals surface area (Å²) in [5.41, 5.74) is 4.31. The van der Waals surface area contributed by atoms with Crippen LogP contribution in [0.4, 0.5) is 0 Å². The van der Waals surface area contributed by atoms with Gasteiger partial charge in [0.1, 0.15) is 0 Å². The predicted molar refractivity (Wildman–Crippen MR) is 104 cm³/mol. The van der Waals surface area contributed by atoms with Crippen molar-refractivity contribution in [3.8, 4) is 22.4 Å². The van der Waals surface area contributed by atoms with Gasteiger partial charge in [0.15, 0.2) is 0 Å². The third-order valence-electron chi connectivity index (χ3n) is 4.39. The molecule has 5 aromatic rings. The molecule has 0 bridgehead atoms. The van der Waals surface area contributed by atoms with E-state index < -0.39 is 0 Å². The standard InChI is InChI=1S/C21H13N3S/c1-2-6-14(7-3-1)20-15(17-12-13-22-24-23-17)10-11-19-21(20)16-8-4-5-9-18(16)25-19/h1-13H. The van der Waals surface area contributed by atoms with Crippen LogP contribution in [0, 0.1) is 0 Å². The van der Waals surface area contributed by atoms with E-state index in [0.29, 0.717) is 0 Å². The van der Waals surface area contributed by atoms with Crippen LogP contribution in [0.3, 0.4) is 0 Å². The van der Waals surface area contributed by atoms with Crippen molar-refractivity contribution < 1.29 is 0 Å². The van der Waals surface area contributed by atoms with Crippen LogP contribution in [-0.4, -0.2) is 15.4 Å². The molecule has 0 saturated heterocycles. The zero-order valence-corrected chi connectivity index (χ0v) is 14.1. The molecule has 0 unspecified atom stereocenters. The highest BCUT2D eigenvalue weighted by atomic mass is 32.1. The Labute approximate surface area is 148 Å². The van der Waals surface area contributed by atoms with Crippen molar-refractivity contribution in [3.63, 3.8) is 0 Å². The minimum atomic E-state index is 0.839. The van der Waals surface area contributed by atoms with Gasteiger partial charge in [0.2, 0.25) is 0 Å². The summed E-state index contributed by atoms with van der Waals surface area (Å²) in [7, 11) is 0. The first-order valence-corrected chi connectivity index (χ1v) is 8.88. The van der Waals surface area contributed by atoms with E-state index in [1.165, 1.54) is 31.3 Å². The van der Waals surface area contributed by atoms with Crippen molar-refractivity contribution in [2.24, 2.45) is 0 Å². The summed E-state index contributed by atoms with van der Waals surface area (Å²) in [6.07, 6.45) is 1.69. The molecule has 0 radical (unpaired) electrons. The molecule has 0 amide bonds. The summed E-state index contributed by atoms with van der Waals surface area (Å²) < 4.78 is 2.58. The van der Waals surface area contributed by atoms with Crippen molar-refractivity contribution in [3.05, 3.63) is 79.0 Å². The molecule has 3 nitrogen and oxygen atoms in total. The number of nitrogens with zero attached hydrogens (tertiary/aromatic N) is 3. The smallest absolute Gasteiger partial charge is 0.0969 e. The summed E-state index contributed by atoms with van der Waals surface area (Å²) in [6, 6.07) is 25.3. The molecule has 3 aromatic carbocycles. The summed E-state index contributed by atoms with van der Waals surface area (Å²) in [5.74, 6) is 0. The second kappa shape index (κ2) is 5.76. The van der Waals surface area contributed by atoms with Crippen LogP contribution in [0.5, 0.6) is 0 Å². The lowest BCUT2D eigenvalue weighted by Gasteiger charge is -2.11. The summed E-state index contributed by atoms with van der Waals surface area (Å²) in [6.45, 7) is 0. The number of hydrogen-bond donors (Lipinski definition) is 0. The lowest BCUT2D eigenvalue weighted by atomic mass is 9.93. The Kier molecular flexibility index (Phi) is 3.28. The molecule has 2 aromatic heterocycles. The van der Waals surface area contributed by atoms with Crippen LogP contribution < -0.4 is 0 Å². The molecular formula is C21H13N3S. The van der Waals surface area contributed by atoms with Crippen LogP contribution >= 0.6 is 11.3 Å². The molecular weight excluding hydrogens is 326 g/mol. The molecule has 0 aliphatic heterocycles. The Balaban J connectivity index is 1.97. The fourth-order valence-electron chi connectivity index (χ4n) is 3.32. The topological polar surface area (TPSA) is 38.7 Å². The summed E-state index contributed by atoms with van der Waals surface area (Å²) in [4.78, 5) is 0. The molecule has 0 aliphatic rings. The van der Waals surface area contributed by atoms with Gasteiger partial charge in [-0.2, -0.15) is 0 Å². The van der Waals surface area contributed by atoms with Gasteiger partial charge in [-0.25, -0.2) is 0 Å². The first kappa shape index (κ1) is 14.3. The Hall–Kier alpha value is -3.11. The van der Waals surface area contributed by atoms with Gasteiger partial charge in [-0.3, -0.25) is 0 Å². The van der Waals surface area contributed by atoms with E-state index in [9.17, 15) is 0 Å². The third kappa shape index (κ3) is 2.30. The molecule has 0 saturated carbocycles. The lowest BCUT2D eigenvalue weighted by molar-refractivity contribution is 0.871. The monoisotopic (exact) mass is 339 g/mol. The van der Waals surface area contributed by atoms with E-state index in [2.05, 4.69) is 76.1 Å². The summed E-state index contributed by atoms with van der Waals surface area (Å²) in [5, 5.41) is 14.5. The van der Waals surface area contributed by atoms with E-state index in [4.69, 9.17) is 0 Å². The van der Waals surface area contributed by atoms with E-state index in [-0.39, 0.29) is 0 Å². The average molecular weight is 339 g/mol. The van der Waals surface area contributed by atoms with E-state index in [1.54, 1.807) is 6.20 Å². The molecule has 2 heterocycles. The molecule has 5 rings (SSSR count). The zero-order valence-electron chi connectivity index (χ0n) is 13.3. The van der Waals surface area contributed by atoms with Crippen LogP contribution in [0.25, 0.3) is 42.6 Å². The molecule has 0 atom stereocenters. The molecule has 4 heteroatoms. The molecule has 0 spiro atoms. The number of hydrogen-bond acceptors (Lipinski definition) is 4. The van der Waals surface area contributed by atoms with E-state index in [1.807, 2.05) is 23.5 Å². The van der Waals surface area contributed by atoms with Gasteiger partial charge in [-0.1, -0.05) is 54.6 Å². The van der Waals surface area contributed by atoms with E-state index in [0.717, 1.165) is 11.3 Å². The highest BCUT2D eigenvalue weighted by Crippen LogP contribution is 2.44. The Bertz CT molecular complexity index is 1180.